The van der Waals surface area contributed by atoms with Crippen molar-refractivity contribution in [1.82, 2.24) is 0 Å². The maximum atomic E-state index is 14.1. The molecule has 0 aliphatic carbocycles. The molecule has 0 saturated carbocycles. The molecule has 21 heavy (non-hydrogen) atoms. The third-order valence-electron chi connectivity index (χ3n) is 3.30. The largest absolute Gasteiger partial charge is 0.326 e. The molecule has 0 aliphatic rings. The molecule has 4 heteroatoms. The highest BCUT2D eigenvalue weighted by molar-refractivity contribution is 7.83. The van der Waals surface area contributed by atoms with E-state index in [1.165, 1.54) is 0 Å². The molecule has 0 spiro atoms. The van der Waals surface area contributed by atoms with Crippen LogP contribution in [0.25, 0.3) is 0 Å². The van der Waals surface area contributed by atoms with Crippen LogP contribution in [0.5, 0.6) is 0 Å². The number of nitrogens with two attached hydrogens (primary N) is 1. The summed E-state index contributed by atoms with van der Waals surface area (Å²) >= 11 is 0. The summed E-state index contributed by atoms with van der Waals surface area (Å²) in [6.07, 6.45) is 0. The van der Waals surface area contributed by atoms with Gasteiger partial charge < -0.3 is 5.73 Å². The molecule has 0 heterocycles. The van der Waals surface area contributed by atoms with Crippen LogP contribution < -0.4 is 5.73 Å². The van der Waals surface area contributed by atoms with E-state index in [0.717, 1.165) is 16.7 Å². The van der Waals surface area contributed by atoms with Gasteiger partial charge in [0, 0.05) is 34.2 Å². The first-order valence-electron chi connectivity index (χ1n) is 6.88. The summed E-state index contributed by atoms with van der Waals surface area (Å²) in [6, 6.07) is 11.2. The summed E-state index contributed by atoms with van der Waals surface area (Å²) in [5.41, 5.74) is 9.76. The zero-order valence-electron chi connectivity index (χ0n) is 12.4. The van der Waals surface area contributed by atoms with Crippen LogP contribution in [0.3, 0.4) is 0 Å². The van der Waals surface area contributed by atoms with Gasteiger partial charge in [-0.25, -0.2) is 4.39 Å². The fourth-order valence-corrected chi connectivity index (χ4v) is 3.68. The van der Waals surface area contributed by atoms with E-state index < -0.39 is 10.8 Å². The second-order valence-electron chi connectivity index (χ2n) is 5.32. The normalized spacial score (nSPS) is 12.4. The summed E-state index contributed by atoms with van der Waals surface area (Å²) in [5, 5.41) is 0. The molecule has 2 aromatic rings. The van der Waals surface area contributed by atoms with Gasteiger partial charge in [0.25, 0.3) is 0 Å². The zero-order valence-corrected chi connectivity index (χ0v) is 13.2. The molecule has 2 N–H and O–H groups in total. The van der Waals surface area contributed by atoms with E-state index in [9.17, 15) is 8.60 Å². The number of rotatable bonds is 5. The van der Waals surface area contributed by atoms with Crippen molar-refractivity contribution in [2.75, 3.05) is 0 Å². The van der Waals surface area contributed by atoms with Crippen LogP contribution in [0, 0.1) is 19.7 Å². The van der Waals surface area contributed by atoms with Crippen molar-refractivity contribution in [3.63, 3.8) is 0 Å². The Morgan fingerprint density at radius 2 is 1.67 bits per heavy atom. The summed E-state index contributed by atoms with van der Waals surface area (Å²) in [4.78, 5) is 0. The van der Waals surface area contributed by atoms with Gasteiger partial charge in [0.05, 0.1) is 5.75 Å². The average Bonchev–Trinajstić information content (AvgIpc) is 2.40. The van der Waals surface area contributed by atoms with Gasteiger partial charge in [0.2, 0.25) is 0 Å². The molecule has 112 valence electrons. The maximum absolute atomic E-state index is 14.1. The first-order chi connectivity index (χ1) is 9.99. The second-order valence-corrected chi connectivity index (χ2v) is 6.78. The van der Waals surface area contributed by atoms with Gasteiger partial charge in [-0.05, 0) is 19.4 Å². The summed E-state index contributed by atoms with van der Waals surface area (Å²) < 4.78 is 26.4. The quantitative estimate of drug-likeness (QED) is 0.920. The van der Waals surface area contributed by atoms with Crippen molar-refractivity contribution in [3.05, 3.63) is 70.0 Å². The molecule has 2 aromatic carbocycles. The first kappa shape index (κ1) is 15.9. The van der Waals surface area contributed by atoms with E-state index in [0.29, 0.717) is 16.9 Å². The fourth-order valence-electron chi connectivity index (χ4n) is 2.46. The molecule has 0 aromatic heterocycles. The van der Waals surface area contributed by atoms with Crippen LogP contribution in [-0.2, 0) is 28.9 Å². The molecule has 0 radical (unpaired) electrons. The van der Waals surface area contributed by atoms with Crippen molar-refractivity contribution >= 4 is 10.8 Å². The molecule has 0 saturated heterocycles. The number of halogens is 1. The van der Waals surface area contributed by atoms with Crippen molar-refractivity contribution < 1.29 is 8.60 Å². The number of benzene rings is 2. The highest BCUT2D eigenvalue weighted by Crippen LogP contribution is 2.17. The molecule has 2 rings (SSSR count). The van der Waals surface area contributed by atoms with E-state index in [1.807, 2.05) is 26.0 Å². The Balaban J connectivity index is 2.12. The van der Waals surface area contributed by atoms with Crippen molar-refractivity contribution in [2.45, 2.75) is 31.9 Å². The Hall–Kier alpha value is -1.52. The van der Waals surface area contributed by atoms with Crippen LogP contribution in [0.4, 0.5) is 4.39 Å². The van der Waals surface area contributed by atoms with Gasteiger partial charge in [-0.2, -0.15) is 0 Å². The number of hydrogen-bond donors (Lipinski definition) is 1. The SMILES string of the molecule is Cc1cc(C)cc(CS(=O)Cc2cccc(CN)c2F)c1. The molecule has 2 nitrogen and oxygen atoms in total. The van der Waals surface area contributed by atoms with Gasteiger partial charge in [-0.15, -0.1) is 0 Å². The van der Waals surface area contributed by atoms with Gasteiger partial charge in [-0.1, -0.05) is 47.5 Å². The molecular formula is C17H20FNOS. The predicted octanol–water partition coefficient (Wildman–Crippen LogP) is 3.35. The van der Waals surface area contributed by atoms with E-state index in [2.05, 4.69) is 6.07 Å². The molecular weight excluding hydrogens is 285 g/mol. The fraction of sp³-hybridized carbons (Fsp3) is 0.294. The van der Waals surface area contributed by atoms with E-state index in [4.69, 9.17) is 5.73 Å². The first-order valence-corrected chi connectivity index (χ1v) is 8.37. The lowest BCUT2D eigenvalue weighted by molar-refractivity contribution is 0.598. The lowest BCUT2D eigenvalue weighted by atomic mass is 10.1. The minimum atomic E-state index is -1.14. The zero-order chi connectivity index (χ0) is 15.4. The summed E-state index contributed by atoms with van der Waals surface area (Å²) in [5.74, 6) is 0.329. The van der Waals surface area contributed by atoms with Gasteiger partial charge >= 0.3 is 0 Å². The van der Waals surface area contributed by atoms with E-state index in [1.54, 1.807) is 18.2 Å². The molecule has 0 aliphatic heterocycles. The Morgan fingerprint density at radius 3 is 2.29 bits per heavy atom. The molecule has 1 unspecified atom stereocenters. The Labute approximate surface area is 127 Å². The second kappa shape index (κ2) is 6.96. The van der Waals surface area contributed by atoms with Crippen molar-refractivity contribution in [1.29, 1.82) is 0 Å². The van der Waals surface area contributed by atoms with E-state index >= 15 is 0 Å². The molecule has 0 amide bonds. The smallest absolute Gasteiger partial charge is 0.131 e. The maximum Gasteiger partial charge on any atom is 0.131 e. The van der Waals surface area contributed by atoms with Crippen molar-refractivity contribution in [2.24, 2.45) is 5.73 Å². The molecule has 1 atom stereocenters. The monoisotopic (exact) mass is 305 g/mol. The Bertz CT molecular complexity index is 650. The topological polar surface area (TPSA) is 43.1 Å². The van der Waals surface area contributed by atoms with Gasteiger partial charge in [0.15, 0.2) is 0 Å². The predicted molar refractivity (Wildman–Crippen MR) is 85.8 cm³/mol. The van der Waals surface area contributed by atoms with E-state index in [-0.39, 0.29) is 18.1 Å². The highest BCUT2D eigenvalue weighted by Gasteiger charge is 2.11. The number of hydrogen-bond acceptors (Lipinski definition) is 2. The number of aryl methyl sites for hydroxylation is 2. The van der Waals surface area contributed by atoms with Gasteiger partial charge in [-0.3, -0.25) is 4.21 Å². The van der Waals surface area contributed by atoms with Crippen LogP contribution in [0.15, 0.2) is 36.4 Å². The highest BCUT2D eigenvalue weighted by atomic mass is 32.2. The van der Waals surface area contributed by atoms with Crippen LogP contribution >= 0.6 is 0 Å². The van der Waals surface area contributed by atoms with Crippen LogP contribution in [-0.4, -0.2) is 4.21 Å². The van der Waals surface area contributed by atoms with Crippen LogP contribution in [0.2, 0.25) is 0 Å². The average molecular weight is 305 g/mol. The third kappa shape index (κ3) is 4.22. The minimum absolute atomic E-state index is 0.156. The lowest BCUT2D eigenvalue weighted by Gasteiger charge is -2.08. The molecule has 0 fully saturated rings. The Morgan fingerprint density at radius 1 is 1.05 bits per heavy atom. The Kier molecular flexibility index (Phi) is 5.26. The minimum Gasteiger partial charge on any atom is -0.326 e. The summed E-state index contributed by atoms with van der Waals surface area (Å²) in [7, 11) is -1.14. The van der Waals surface area contributed by atoms with Gasteiger partial charge in [0.1, 0.15) is 5.82 Å². The summed E-state index contributed by atoms with van der Waals surface area (Å²) in [6.45, 7) is 4.19. The lowest BCUT2D eigenvalue weighted by Crippen LogP contribution is -2.06. The van der Waals surface area contributed by atoms with Crippen molar-refractivity contribution in [3.8, 4) is 0 Å². The third-order valence-corrected chi connectivity index (χ3v) is 4.59. The van der Waals surface area contributed by atoms with Crippen LogP contribution in [0.1, 0.15) is 27.8 Å². The molecule has 0 bridgehead atoms. The standard InChI is InChI=1S/C17H20FNOS/c1-12-6-13(2)8-14(7-12)10-21(20)11-16-5-3-4-15(9-19)17(16)18/h3-8H,9-11,19H2,1-2H3.